The highest BCUT2D eigenvalue weighted by Crippen LogP contribution is 2.28. The van der Waals surface area contributed by atoms with Gasteiger partial charge in [-0.2, -0.15) is 4.31 Å². The predicted molar refractivity (Wildman–Crippen MR) is 117 cm³/mol. The summed E-state index contributed by atoms with van der Waals surface area (Å²) in [5, 5.41) is 4.83. The van der Waals surface area contributed by atoms with Crippen molar-refractivity contribution in [3.8, 4) is 11.3 Å². The number of aromatic amines is 1. The van der Waals surface area contributed by atoms with Crippen LogP contribution in [0.15, 0.2) is 40.7 Å². The van der Waals surface area contributed by atoms with Gasteiger partial charge < -0.3 is 16.0 Å². The van der Waals surface area contributed by atoms with Crippen molar-refractivity contribution in [1.82, 2.24) is 14.3 Å². The average Bonchev–Trinajstić information content (AvgIpc) is 3.45. The topological polar surface area (TPSA) is 138 Å². The summed E-state index contributed by atoms with van der Waals surface area (Å²) in [6, 6.07) is 4.00. The zero-order valence-corrected chi connectivity index (χ0v) is 18.7. The maximum Gasteiger partial charge on any atom is 0.265 e. The molecule has 4 rings (SSSR count). The molecule has 174 valence electrons. The van der Waals surface area contributed by atoms with Crippen LogP contribution in [0.1, 0.15) is 23.3 Å². The number of rotatable bonds is 6. The van der Waals surface area contributed by atoms with E-state index >= 15 is 0 Å². The molecule has 0 unspecified atom stereocenters. The van der Waals surface area contributed by atoms with E-state index in [1.165, 1.54) is 11.3 Å². The molecule has 13 heteroatoms. The number of anilines is 1. The second kappa shape index (κ2) is 9.00. The van der Waals surface area contributed by atoms with Gasteiger partial charge in [0.2, 0.25) is 15.9 Å². The van der Waals surface area contributed by atoms with Gasteiger partial charge in [0.15, 0.2) is 16.8 Å². The van der Waals surface area contributed by atoms with Crippen molar-refractivity contribution in [2.45, 2.75) is 17.7 Å². The van der Waals surface area contributed by atoms with Crippen molar-refractivity contribution in [2.24, 2.45) is 11.7 Å². The molecule has 0 saturated carbocycles. The highest BCUT2D eigenvalue weighted by atomic mass is 32.2. The molecule has 0 bridgehead atoms. The van der Waals surface area contributed by atoms with Crippen LogP contribution in [0, 0.1) is 17.6 Å². The van der Waals surface area contributed by atoms with Crippen LogP contribution in [-0.4, -0.2) is 47.6 Å². The zero-order valence-electron chi connectivity index (χ0n) is 17.0. The number of benzene rings is 1. The van der Waals surface area contributed by atoms with E-state index in [-0.39, 0.29) is 42.4 Å². The monoisotopic (exact) mass is 495 g/mol. The summed E-state index contributed by atoms with van der Waals surface area (Å²) in [6.45, 7) is 0.142. The summed E-state index contributed by atoms with van der Waals surface area (Å²) in [6.07, 6.45) is 2.13. The van der Waals surface area contributed by atoms with Crippen molar-refractivity contribution < 1.29 is 26.8 Å². The first-order valence-corrected chi connectivity index (χ1v) is 12.2. The molecule has 1 aliphatic rings. The number of carbonyl (C=O) groups is 2. The molecule has 1 aromatic carbocycles. The molecule has 2 amide bonds. The minimum absolute atomic E-state index is 0.0712. The third-order valence-corrected chi connectivity index (χ3v) is 7.98. The number of sulfonamides is 1. The van der Waals surface area contributed by atoms with Crippen molar-refractivity contribution in [3.63, 3.8) is 0 Å². The Kier molecular flexibility index (Phi) is 6.28. The van der Waals surface area contributed by atoms with Crippen LogP contribution in [0.3, 0.4) is 0 Å². The van der Waals surface area contributed by atoms with E-state index in [9.17, 15) is 26.8 Å². The number of thiazole rings is 1. The number of nitrogens with one attached hydrogen (secondary N) is 2. The minimum Gasteiger partial charge on any atom is -0.364 e. The van der Waals surface area contributed by atoms with Gasteiger partial charge in [-0.1, -0.05) is 0 Å². The first-order valence-electron chi connectivity index (χ1n) is 9.85. The molecule has 2 aromatic heterocycles. The van der Waals surface area contributed by atoms with Crippen LogP contribution >= 0.6 is 11.3 Å². The normalized spacial score (nSPS) is 15.5. The number of hydrogen-bond donors (Lipinski definition) is 3. The van der Waals surface area contributed by atoms with E-state index in [4.69, 9.17) is 5.73 Å². The van der Waals surface area contributed by atoms with Crippen LogP contribution in [0.25, 0.3) is 11.3 Å². The molecule has 1 fully saturated rings. The van der Waals surface area contributed by atoms with Crippen LogP contribution < -0.4 is 11.1 Å². The molecule has 0 aliphatic carbocycles. The summed E-state index contributed by atoms with van der Waals surface area (Å²) in [4.78, 5) is 30.6. The molecule has 9 nitrogen and oxygen atoms in total. The Morgan fingerprint density at radius 1 is 1.18 bits per heavy atom. The molecule has 0 atom stereocenters. The number of nitrogens with two attached hydrogens (primary N) is 1. The van der Waals surface area contributed by atoms with Gasteiger partial charge >= 0.3 is 0 Å². The van der Waals surface area contributed by atoms with Gasteiger partial charge in [0, 0.05) is 36.1 Å². The quantitative estimate of drug-likeness (QED) is 0.483. The molecule has 3 heterocycles. The standard InChI is InChI=1S/C20H19F2N5O4S2/c21-14-2-1-13(8-15(14)22)33(30,31)27-5-3-11(4-6-27)19(29)26-20-25-17(10-32-20)12-7-16(18(23)28)24-9-12/h1-2,7-11,24H,3-6H2,(H2,23,28)(H,25,26,29). The number of amides is 2. The average molecular weight is 496 g/mol. The van der Waals surface area contributed by atoms with E-state index in [0.29, 0.717) is 22.5 Å². The molecule has 4 N–H and O–H groups in total. The Balaban J connectivity index is 1.36. The van der Waals surface area contributed by atoms with Crippen LogP contribution in [0.2, 0.25) is 0 Å². The molecule has 3 aromatic rings. The van der Waals surface area contributed by atoms with Crippen molar-refractivity contribution in [1.29, 1.82) is 0 Å². The van der Waals surface area contributed by atoms with Gasteiger partial charge in [-0.25, -0.2) is 22.2 Å². The van der Waals surface area contributed by atoms with Gasteiger partial charge in [0.25, 0.3) is 5.91 Å². The highest BCUT2D eigenvalue weighted by Gasteiger charge is 2.32. The fourth-order valence-corrected chi connectivity index (χ4v) is 5.71. The molecule has 0 radical (unpaired) electrons. The summed E-state index contributed by atoms with van der Waals surface area (Å²) in [5.74, 6) is -3.67. The molecule has 1 aliphatic heterocycles. The van der Waals surface area contributed by atoms with E-state index in [1.807, 2.05) is 0 Å². The van der Waals surface area contributed by atoms with Crippen molar-refractivity contribution in [2.75, 3.05) is 18.4 Å². The molecule has 1 saturated heterocycles. The lowest BCUT2D eigenvalue weighted by Gasteiger charge is -2.30. The fraction of sp³-hybridized carbons (Fsp3) is 0.250. The summed E-state index contributed by atoms with van der Waals surface area (Å²) in [5.41, 5.74) is 6.68. The van der Waals surface area contributed by atoms with E-state index in [1.54, 1.807) is 17.6 Å². The second-order valence-corrected chi connectivity index (χ2v) is 10.2. The number of aromatic nitrogens is 2. The summed E-state index contributed by atoms with van der Waals surface area (Å²) in [7, 11) is -3.99. The Morgan fingerprint density at radius 2 is 1.91 bits per heavy atom. The Hall–Kier alpha value is -3.16. The number of H-pyrrole nitrogens is 1. The third-order valence-electron chi connectivity index (χ3n) is 5.33. The number of hydrogen-bond acceptors (Lipinski definition) is 6. The number of carbonyl (C=O) groups excluding carboxylic acids is 2. The molecule has 0 spiro atoms. The first kappa shape index (κ1) is 23.0. The Bertz CT molecular complexity index is 1310. The summed E-state index contributed by atoms with van der Waals surface area (Å²) >= 11 is 1.21. The van der Waals surface area contributed by atoms with Crippen molar-refractivity contribution >= 4 is 38.3 Å². The van der Waals surface area contributed by atoms with E-state index in [2.05, 4.69) is 15.3 Å². The molecule has 33 heavy (non-hydrogen) atoms. The number of piperidine rings is 1. The molecular formula is C20H19F2N5O4S2. The van der Waals surface area contributed by atoms with Crippen LogP contribution in [-0.2, 0) is 14.8 Å². The lowest BCUT2D eigenvalue weighted by atomic mass is 9.97. The maximum atomic E-state index is 13.5. The van der Waals surface area contributed by atoms with Gasteiger partial charge in [0.1, 0.15) is 5.69 Å². The Labute approximate surface area is 191 Å². The van der Waals surface area contributed by atoms with Crippen molar-refractivity contribution in [3.05, 3.63) is 53.2 Å². The maximum absolute atomic E-state index is 13.5. The second-order valence-electron chi connectivity index (χ2n) is 7.45. The van der Waals surface area contributed by atoms with Gasteiger partial charge in [-0.05, 0) is 37.1 Å². The number of nitrogens with zero attached hydrogens (tertiary/aromatic N) is 2. The lowest BCUT2D eigenvalue weighted by Crippen LogP contribution is -2.41. The van der Waals surface area contributed by atoms with Crippen LogP contribution in [0.4, 0.5) is 13.9 Å². The summed E-state index contributed by atoms with van der Waals surface area (Å²) < 4.78 is 53.1. The fourth-order valence-electron chi connectivity index (χ4n) is 3.50. The minimum atomic E-state index is -3.99. The first-order chi connectivity index (χ1) is 15.6. The van der Waals surface area contributed by atoms with Gasteiger partial charge in [-0.3, -0.25) is 9.59 Å². The molecular weight excluding hydrogens is 476 g/mol. The third kappa shape index (κ3) is 4.79. The van der Waals surface area contributed by atoms with Crippen LogP contribution in [0.5, 0.6) is 0 Å². The number of primary amides is 1. The van der Waals surface area contributed by atoms with E-state index < -0.39 is 33.5 Å². The van der Waals surface area contributed by atoms with E-state index in [0.717, 1.165) is 16.4 Å². The van der Waals surface area contributed by atoms with Gasteiger partial charge in [-0.15, -0.1) is 11.3 Å². The largest absolute Gasteiger partial charge is 0.364 e. The van der Waals surface area contributed by atoms with Gasteiger partial charge in [0.05, 0.1) is 10.6 Å². The smallest absolute Gasteiger partial charge is 0.265 e. The lowest BCUT2D eigenvalue weighted by molar-refractivity contribution is -0.120. The predicted octanol–water partition coefficient (Wildman–Crippen LogP) is 2.55. The highest BCUT2D eigenvalue weighted by molar-refractivity contribution is 7.89. The number of halogens is 2. The SMILES string of the molecule is NC(=O)c1cc(-c2csc(NC(=O)C3CCN(S(=O)(=O)c4ccc(F)c(F)c4)CC3)n2)c[nH]1. The zero-order chi connectivity index (χ0) is 23.8. The Morgan fingerprint density at radius 3 is 2.55 bits per heavy atom.